The van der Waals surface area contributed by atoms with E-state index < -0.39 is 0 Å². The predicted octanol–water partition coefficient (Wildman–Crippen LogP) is 1.65. The van der Waals surface area contributed by atoms with E-state index in [1.807, 2.05) is 13.8 Å². The van der Waals surface area contributed by atoms with Crippen molar-refractivity contribution < 1.29 is 9.05 Å². The Labute approximate surface area is 74.7 Å². The molecule has 5 nitrogen and oxygen atoms in total. The number of hydrogen-bond acceptors (Lipinski definition) is 5. The minimum atomic E-state index is 0.466. The van der Waals surface area contributed by atoms with Crippen LogP contribution in [0.5, 0.6) is 0 Å². The van der Waals surface area contributed by atoms with Gasteiger partial charge < -0.3 is 9.05 Å². The quantitative estimate of drug-likeness (QED) is 0.665. The number of hydrogen-bond donors (Lipinski definition) is 0. The number of nitrogens with zero attached hydrogens (tertiary/aromatic N) is 3. The Kier molecular flexibility index (Phi) is 1.65. The molecule has 0 saturated carbocycles. The summed E-state index contributed by atoms with van der Waals surface area (Å²) in [5.74, 6) is 1.77. The molecule has 0 saturated heterocycles. The second-order valence-electron chi connectivity index (χ2n) is 2.85. The third kappa shape index (κ3) is 1.22. The summed E-state index contributed by atoms with van der Waals surface area (Å²) in [4.78, 5) is 4.10. The fourth-order valence-corrected chi connectivity index (χ4v) is 1.19. The van der Waals surface area contributed by atoms with Gasteiger partial charge in [0.15, 0.2) is 5.82 Å². The molecule has 0 aliphatic carbocycles. The lowest BCUT2D eigenvalue weighted by molar-refractivity contribution is 0.392. The first kappa shape index (κ1) is 7.97. The Morgan fingerprint density at radius 2 is 1.77 bits per heavy atom. The van der Waals surface area contributed by atoms with Crippen molar-refractivity contribution in [1.29, 1.82) is 0 Å². The van der Waals surface area contributed by atoms with Crippen molar-refractivity contribution in [2.75, 3.05) is 0 Å². The largest absolute Gasteiger partial charge is 0.361 e. The molecule has 0 aromatic carbocycles. The van der Waals surface area contributed by atoms with Gasteiger partial charge in [0.1, 0.15) is 11.3 Å². The van der Waals surface area contributed by atoms with E-state index in [0.717, 1.165) is 11.3 Å². The van der Waals surface area contributed by atoms with Gasteiger partial charge in [0, 0.05) is 0 Å². The van der Waals surface area contributed by atoms with Gasteiger partial charge >= 0.3 is 0 Å². The zero-order valence-corrected chi connectivity index (χ0v) is 7.66. The van der Waals surface area contributed by atoms with Gasteiger partial charge in [-0.2, -0.15) is 4.98 Å². The summed E-state index contributed by atoms with van der Waals surface area (Å²) in [6, 6.07) is 0. The van der Waals surface area contributed by atoms with Crippen LogP contribution in [0, 0.1) is 20.8 Å². The summed E-state index contributed by atoms with van der Waals surface area (Å²) in [5.41, 5.74) is 1.56. The second kappa shape index (κ2) is 2.69. The van der Waals surface area contributed by atoms with Crippen LogP contribution in [-0.2, 0) is 0 Å². The third-order valence-corrected chi connectivity index (χ3v) is 1.77. The van der Waals surface area contributed by atoms with Gasteiger partial charge in [-0.3, -0.25) is 0 Å². The lowest BCUT2D eigenvalue weighted by Gasteiger charge is -1.88. The molecule has 0 spiro atoms. The topological polar surface area (TPSA) is 65.0 Å². The van der Waals surface area contributed by atoms with Crippen LogP contribution in [0.1, 0.15) is 17.3 Å². The van der Waals surface area contributed by atoms with Gasteiger partial charge in [-0.1, -0.05) is 10.3 Å². The highest BCUT2D eigenvalue weighted by molar-refractivity contribution is 5.57. The molecule has 0 aliphatic rings. The van der Waals surface area contributed by atoms with Gasteiger partial charge in [-0.25, -0.2) is 0 Å². The zero-order valence-electron chi connectivity index (χ0n) is 7.66. The molecular formula is C8H9N3O2. The molecule has 0 amide bonds. The molecule has 0 fully saturated rings. The maximum absolute atomic E-state index is 5.01. The minimum absolute atomic E-state index is 0.466. The van der Waals surface area contributed by atoms with E-state index in [0.29, 0.717) is 17.5 Å². The maximum atomic E-state index is 5.01. The first-order chi connectivity index (χ1) is 6.18. The average molecular weight is 179 g/mol. The van der Waals surface area contributed by atoms with E-state index in [1.54, 1.807) is 6.92 Å². The summed E-state index contributed by atoms with van der Waals surface area (Å²) in [6.07, 6.45) is 0. The molecule has 0 bridgehead atoms. The number of aromatic nitrogens is 3. The molecule has 2 rings (SSSR count). The van der Waals surface area contributed by atoms with E-state index in [2.05, 4.69) is 15.3 Å². The lowest BCUT2D eigenvalue weighted by atomic mass is 10.2. The molecule has 2 heterocycles. The number of rotatable bonds is 1. The zero-order chi connectivity index (χ0) is 9.42. The van der Waals surface area contributed by atoms with E-state index >= 15 is 0 Å². The van der Waals surface area contributed by atoms with Crippen molar-refractivity contribution in [3.05, 3.63) is 17.3 Å². The van der Waals surface area contributed by atoms with Crippen molar-refractivity contribution in [1.82, 2.24) is 15.3 Å². The van der Waals surface area contributed by atoms with E-state index in [9.17, 15) is 0 Å². The molecule has 0 aliphatic heterocycles. The molecule has 0 atom stereocenters. The van der Waals surface area contributed by atoms with E-state index in [4.69, 9.17) is 9.05 Å². The molecule has 2 aromatic heterocycles. The molecule has 68 valence electrons. The molecular weight excluding hydrogens is 170 g/mol. The maximum Gasteiger partial charge on any atom is 0.263 e. The molecule has 0 radical (unpaired) electrons. The lowest BCUT2D eigenvalue weighted by Crippen LogP contribution is -1.81. The Balaban J connectivity index is 2.57. The average Bonchev–Trinajstić information content (AvgIpc) is 2.60. The first-order valence-electron chi connectivity index (χ1n) is 3.92. The summed E-state index contributed by atoms with van der Waals surface area (Å²) in [5, 5.41) is 7.50. The van der Waals surface area contributed by atoms with Gasteiger partial charge in [0.25, 0.3) is 5.89 Å². The summed E-state index contributed by atoms with van der Waals surface area (Å²) in [6.45, 7) is 5.42. The van der Waals surface area contributed by atoms with Crippen LogP contribution in [0.25, 0.3) is 11.5 Å². The van der Waals surface area contributed by atoms with Gasteiger partial charge in [-0.15, -0.1) is 0 Å². The molecule has 0 N–H and O–H groups in total. The SMILES string of the molecule is Cc1noc(-c2c(C)noc2C)n1. The second-order valence-corrected chi connectivity index (χ2v) is 2.85. The summed E-state index contributed by atoms with van der Waals surface area (Å²) < 4.78 is 9.99. The van der Waals surface area contributed by atoms with Crippen LogP contribution >= 0.6 is 0 Å². The van der Waals surface area contributed by atoms with Gasteiger partial charge in [0.05, 0.1) is 5.69 Å². The van der Waals surface area contributed by atoms with Crippen LogP contribution in [0.4, 0.5) is 0 Å². The number of aryl methyl sites for hydroxylation is 3. The highest BCUT2D eigenvalue weighted by atomic mass is 16.5. The van der Waals surface area contributed by atoms with E-state index in [-0.39, 0.29) is 0 Å². The first-order valence-corrected chi connectivity index (χ1v) is 3.92. The van der Waals surface area contributed by atoms with Crippen molar-refractivity contribution in [3.8, 4) is 11.5 Å². The van der Waals surface area contributed by atoms with Crippen molar-refractivity contribution in [2.45, 2.75) is 20.8 Å². The summed E-state index contributed by atoms with van der Waals surface area (Å²) in [7, 11) is 0. The van der Waals surface area contributed by atoms with Crippen molar-refractivity contribution in [3.63, 3.8) is 0 Å². The Morgan fingerprint density at radius 3 is 2.23 bits per heavy atom. The highest BCUT2D eigenvalue weighted by Gasteiger charge is 2.16. The standard InChI is InChI=1S/C8H9N3O2/c1-4-7(5(2)12-10-4)8-9-6(3)11-13-8/h1-3H3. The van der Waals surface area contributed by atoms with Crippen LogP contribution < -0.4 is 0 Å². The minimum Gasteiger partial charge on any atom is -0.361 e. The van der Waals surface area contributed by atoms with Crippen LogP contribution in [0.2, 0.25) is 0 Å². The Morgan fingerprint density at radius 1 is 1.00 bits per heavy atom. The van der Waals surface area contributed by atoms with Crippen LogP contribution in [0.15, 0.2) is 9.05 Å². The Bertz CT molecular complexity index is 411. The Hall–Kier alpha value is -1.65. The highest BCUT2D eigenvalue weighted by Crippen LogP contribution is 2.24. The molecule has 0 unspecified atom stereocenters. The summed E-state index contributed by atoms with van der Waals surface area (Å²) >= 11 is 0. The van der Waals surface area contributed by atoms with Gasteiger partial charge in [-0.05, 0) is 20.8 Å². The fraction of sp³-hybridized carbons (Fsp3) is 0.375. The van der Waals surface area contributed by atoms with Crippen LogP contribution in [0.3, 0.4) is 0 Å². The van der Waals surface area contributed by atoms with E-state index in [1.165, 1.54) is 0 Å². The van der Waals surface area contributed by atoms with Crippen molar-refractivity contribution >= 4 is 0 Å². The van der Waals surface area contributed by atoms with Crippen molar-refractivity contribution in [2.24, 2.45) is 0 Å². The third-order valence-electron chi connectivity index (χ3n) is 1.77. The van der Waals surface area contributed by atoms with Gasteiger partial charge in [0.2, 0.25) is 0 Å². The normalized spacial score (nSPS) is 10.7. The predicted molar refractivity (Wildman–Crippen MR) is 44.0 cm³/mol. The smallest absolute Gasteiger partial charge is 0.263 e. The molecule has 5 heteroatoms. The van der Waals surface area contributed by atoms with Crippen LogP contribution in [-0.4, -0.2) is 15.3 Å². The monoisotopic (exact) mass is 179 g/mol. The molecule has 2 aromatic rings. The molecule has 13 heavy (non-hydrogen) atoms. The fourth-order valence-electron chi connectivity index (χ4n) is 1.19.